The van der Waals surface area contributed by atoms with E-state index in [0.717, 1.165) is 25.5 Å². The lowest BCUT2D eigenvalue weighted by Crippen LogP contribution is -2.16. The summed E-state index contributed by atoms with van der Waals surface area (Å²) in [7, 11) is 0. The van der Waals surface area contributed by atoms with Gasteiger partial charge in [0.25, 0.3) is 11.4 Å². The van der Waals surface area contributed by atoms with Crippen LogP contribution in [0.15, 0.2) is 42.5 Å². The minimum atomic E-state index is -0.670. The van der Waals surface area contributed by atoms with Crippen molar-refractivity contribution in [1.29, 1.82) is 0 Å². The Bertz CT molecular complexity index is 803. The Balaban J connectivity index is 1.68. The highest BCUT2D eigenvalue weighted by molar-refractivity contribution is 5.71. The molecule has 0 radical (unpaired) electrons. The number of nitrogens with zero attached hydrogens (tertiary/aromatic N) is 2. The normalized spacial score (nSPS) is 16.2. The monoisotopic (exact) mass is 359 g/mol. The van der Waals surface area contributed by atoms with E-state index in [4.69, 9.17) is 9.47 Å². The fourth-order valence-electron chi connectivity index (χ4n) is 2.65. The van der Waals surface area contributed by atoms with Gasteiger partial charge in [-0.1, -0.05) is 0 Å². The number of anilines is 2. The molecule has 0 unspecified atom stereocenters. The lowest BCUT2D eigenvalue weighted by molar-refractivity contribution is -0.393. The van der Waals surface area contributed by atoms with Crippen LogP contribution in [0, 0.1) is 20.2 Å². The molecule has 136 valence electrons. The average molecular weight is 359 g/mol. The van der Waals surface area contributed by atoms with E-state index in [1.165, 1.54) is 12.1 Å². The Morgan fingerprint density at radius 2 is 1.88 bits per heavy atom. The van der Waals surface area contributed by atoms with Gasteiger partial charge in [0, 0.05) is 18.4 Å². The molecule has 0 spiro atoms. The molecule has 0 saturated carbocycles. The third kappa shape index (κ3) is 4.25. The van der Waals surface area contributed by atoms with Gasteiger partial charge in [-0.2, -0.15) is 0 Å². The third-order valence-corrected chi connectivity index (χ3v) is 3.98. The Kier molecular flexibility index (Phi) is 5.28. The Morgan fingerprint density at radius 3 is 2.50 bits per heavy atom. The van der Waals surface area contributed by atoms with E-state index in [2.05, 4.69) is 5.32 Å². The first-order valence-electron chi connectivity index (χ1n) is 8.07. The first-order valence-corrected chi connectivity index (χ1v) is 8.07. The van der Waals surface area contributed by atoms with E-state index in [1.807, 2.05) is 0 Å². The molecule has 9 heteroatoms. The molecule has 1 heterocycles. The topological polar surface area (TPSA) is 117 Å². The molecule has 0 bridgehead atoms. The van der Waals surface area contributed by atoms with Crippen molar-refractivity contribution in [2.24, 2.45) is 0 Å². The van der Waals surface area contributed by atoms with Crippen LogP contribution in [0.2, 0.25) is 0 Å². The van der Waals surface area contributed by atoms with E-state index in [9.17, 15) is 20.2 Å². The molecule has 0 aliphatic carbocycles. The van der Waals surface area contributed by atoms with Gasteiger partial charge in [-0.25, -0.2) is 0 Å². The van der Waals surface area contributed by atoms with Gasteiger partial charge >= 0.3 is 0 Å². The number of ether oxygens (including phenoxy) is 2. The summed E-state index contributed by atoms with van der Waals surface area (Å²) in [5.74, 6) is 0.671. The van der Waals surface area contributed by atoms with Crippen molar-refractivity contribution in [1.82, 2.24) is 0 Å². The minimum Gasteiger partial charge on any atom is -0.491 e. The van der Waals surface area contributed by atoms with Crippen molar-refractivity contribution >= 4 is 22.7 Å². The zero-order valence-corrected chi connectivity index (χ0v) is 13.8. The molecule has 1 fully saturated rings. The van der Waals surface area contributed by atoms with Gasteiger partial charge in [0.1, 0.15) is 18.0 Å². The maximum atomic E-state index is 11.2. The number of nitro groups is 2. The molecule has 9 nitrogen and oxygen atoms in total. The maximum absolute atomic E-state index is 11.2. The van der Waals surface area contributed by atoms with E-state index < -0.39 is 9.85 Å². The van der Waals surface area contributed by atoms with Crippen molar-refractivity contribution in [3.05, 3.63) is 62.7 Å². The number of hydrogen-bond donors (Lipinski definition) is 1. The first kappa shape index (κ1) is 17.6. The summed E-state index contributed by atoms with van der Waals surface area (Å²) in [5.41, 5.74) is 0.0816. The molecule has 26 heavy (non-hydrogen) atoms. The van der Waals surface area contributed by atoms with Gasteiger partial charge in [0.05, 0.1) is 22.0 Å². The zero-order chi connectivity index (χ0) is 18.5. The minimum absolute atomic E-state index is 0.121. The predicted molar refractivity (Wildman–Crippen MR) is 93.9 cm³/mol. The molecule has 0 amide bonds. The van der Waals surface area contributed by atoms with Crippen LogP contribution >= 0.6 is 0 Å². The van der Waals surface area contributed by atoms with Crippen LogP contribution in [0.5, 0.6) is 5.75 Å². The highest BCUT2D eigenvalue weighted by atomic mass is 16.6. The van der Waals surface area contributed by atoms with Gasteiger partial charge in [-0.05, 0) is 43.2 Å². The number of non-ortho nitro benzene ring substituents is 1. The van der Waals surface area contributed by atoms with Gasteiger partial charge in [0.2, 0.25) is 0 Å². The van der Waals surface area contributed by atoms with Crippen molar-refractivity contribution < 1.29 is 19.3 Å². The summed E-state index contributed by atoms with van der Waals surface area (Å²) in [4.78, 5) is 20.6. The molecular formula is C17H17N3O6. The van der Waals surface area contributed by atoms with E-state index in [0.29, 0.717) is 18.0 Å². The van der Waals surface area contributed by atoms with Gasteiger partial charge < -0.3 is 14.8 Å². The molecule has 1 aliphatic rings. The highest BCUT2D eigenvalue weighted by Crippen LogP contribution is 2.31. The molecule has 2 aromatic carbocycles. The van der Waals surface area contributed by atoms with Crippen LogP contribution < -0.4 is 10.1 Å². The average Bonchev–Trinajstić information content (AvgIpc) is 3.14. The fourth-order valence-corrected chi connectivity index (χ4v) is 2.65. The Morgan fingerprint density at radius 1 is 1.12 bits per heavy atom. The van der Waals surface area contributed by atoms with E-state index in [1.54, 1.807) is 24.3 Å². The quantitative estimate of drug-likeness (QED) is 0.590. The smallest absolute Gasteiger partial charge is 0.299 e. The summed E-state index contributed by atoms with van der Waals surface area (Å²) < 4.78 is 11.2. The summed E-state index contributed by atoms with van der Waals surface area (Å²) in [6.45, 7) is 1.26. The number of hydrogen-bond acceptors (Lipinski definition) is 7. The molecule has 1 aliphatic heterocycles. The standard InChI is InChI=1S/C17H17N3O6/c21-19(22)13-5-8-16(17(10-13)20(23)24)18-12-3-6-14(7-4-12)26-11-15-2-1-9-25-15/h3-8,10,15,18H,1-2,9,11H2/t15-/m0/s1. The van der Waals surface area contributed by atoms with Crippen molar-refractivity contribution in [3.63, 3.8) is 0 Å². The Labute approximate surface area is 148 Å². The summed E-state index contributed by atoms with van der Waals surface area (Å²) >= 11 is 0. The van der Waals surface area contributed by atoms with Crippen LogP contribution in [-0.4, -0.2) is 29.2 Å². The molecule has 1 atom stereocenters. The fraction of sp³-hybridized carbons (Fsp3) is 0.294. The number of nitro benzene ring substituents is 2. The van der Waals surface area contributed by atoms with Crippen molar-refractivity contribution in [2.45, 2.75) is 18.9 Å². The lowest BCUT2D eigenvalue weighted by atomic mass is 10.2. The van der Waals surface area contributed by atoms with Crippen LogP contribution in [-0.2, 0) is 4.74 Å². The van der Waals surface area contributed by atoms with Crippen LogP contribution in [0.25, 0.3) is 0 Å². The number of nitrogens with one attached hydrogen (secondary N) is 1. The Hall–Kier alpha value is -3.20. The predicted octanol–water partition coefficient (Wildman–Crippen LogP) is 3.80. The number of rotatable bonds is 7. The molecular weight excluding hydrogens is 342 g/mol. The lowest BCUT2D eigenvalue weighted by Gasteiger charge is -2.12. The second-order valence-electron chi connectivity index (χ2n) is 5.81. The zero-order valence-electron chi connectivity index (χ0n) is 13.8. The van der Waals surface area contributed by atoms with Gasteiger partial charge in [-0.15, -0.1) is 0 Å². The van der Waals surface area contributed by atoms with Crippen LogP contribution in [0.1, 0.15) is 12.8 Å². The maximum Gasteiger partial charge on any atom is 0.299 e. The highest BCUT2D eigenvalue weighted by Gasteiger charge is 2.19. The van der Waals surface area contributed by atoms with E-state index >= 15 is 0 Å². The second-order valence-corrected chi connectivity index (χ2v) is 5.81. The van der Waals surface area contributed by atoms with Crippen LogP contribution in [0.4, 0.5) is 22.7 Å². The molecule has 1 saturated heterocycles. The largest absolute Gasteiger partial charge is 0.491 e. The van der Waals surface area contributed by atoms with Crippen molar-refractivity contribution in [3.8, 4) is 5.75 Å². The summed E-state index contributed by atoms with van der Waals surface area (Å²) in [6.07, 6.45) is 2.16. The first-order chi connectivity index (χ1) is 12.5. The van der Waals surface area contributed by atoms with Gasteiger partial charge in [-0.3, -0.25) is 20.2 Å². The SMILES string of the molecule is O=[N+]([O-])c1ccc(Nc2ccc(OC[C@@H]3CCCO3)cc2)c([N+](=O)[O-])c1. The number of benzene rings is 2. The van der Waals surface area contributed by atoms with Gasteiger partial charge in [0.15, 0.2) is 0 Å². The molecule has 1 N–H and O–H groups in total. The summed E-state index contributed by atoms with van der Waals surface area (Å²) in [5, 5.41) is 24.8. The third-order valence-electron chi connectivity index (χ3n) is 3.98. The van der Waals surface area contributed by atoms with Crippen LogP contribution in [0.3, 0.4) is 0 Å². The molecule has 3 rings (SSSR count). The molecule has 0 aromatic heterocycles. The second kappa shape index (κ2) is 7.79. The molecule has 2 aromatic rings. The van der Waals surface area contributed by atoms with Crippen molar-refractivity contribution in [2.75, 3.05) is 18.5 Å². The van der Waals surface area contributed by atoms with E-state index in [-0.39, 0.29) is 23.2 Å². The summed E-state index contributed by atoms with van der Waals surface area (Å²) in [6, 6.07) is 10.4.